The van der Waals surface area contributed by atoms with Gasteiger partial charge in [-0.2, -0.15) is 0 Å². The lowest BCUT2D eigenvalue weighted by Gasteiger charge is -2.36. The number of hydrogen-bond acceptors (Lipinski definition) is 6. The fourth-order valence-corrected chi connectivity index (χ4v) is 4.93. The summed E-state index contributed by atoms with van der Waals surface area (Å²) < 4.78 is 22.1. The molecule has 9 heteroatoms. The molecule has 0 aromatic heterocycles. The second kappa shape index (κ2) is 8.96. The average molecular weight is 468 g/mol. The summed E-state index contributed by atoms with van der Waals surface area (Å²) in [5, 5.41) is 3.07. The Labute approximate surface area is 198 Å². The fourth-order valence-electron chi connectivity index (χ4n) is 4.93. The van der Waals surface area contributed by atoms with Gasteiger partial charge in [0, 0.05) is 31.3 Å². The van der Waals surface area contributed by atoms with Crippen LogP contribution in [0, 0.1) is 0 Å². The molecule has 2 atom stereocenters. The van der Waals surface area contributed by atoms with Crippen molar-refractivity contribution in [1.82, 2.24) is 10.2 Å². The second-order valence-electron chi connectivity index (χ2n) is 8.71. The van der Waals surface area contributed by atoms with Crippen LogP contribution < -0.4 is 29.2 Å². The minimum absolute atomic E-state index is 0.0316. The Hall–Kier alpha value is -3.62. The SMILES string of the molecule is COc1cc2c(cc1OC)[C@H](C)N(C(=O)N[C@H]1CC(=O)N(c3ccc4c(c3)OCCO4)C1)CC2. The Kier molecular flexibility index (Phi) is 5.85. The van der Waals surface area contributed by atoms with Crippen molar-refractivity contribution < 1.29 is 28.5 Å². The summed E-state index contributed by atoms with van der Waals surface area (Å²) in [4.78, 5) is 29.4. The summed E-state index contributed by atoms with van der Waals surface area (Å²) in [6, 6.07) is 8.85. The molecule has 3 amide bonds. The van der Waals surface area contributed by atoms with E-state index in [1.54, 1.807) is 19.1 Å². The van der Waals surface area contributed by atoms with Crippen molar-refractivity contribution in [3.8, 4) is 23.0 Å². The van der Waals surface area contributed by atoms with Crippen LogP contribution in [0.1, 0.15) is 30.5 Å². The van der Waals surface area contributed by atoms with Gasteiger partial charge in [-0.25, -0.2) is 4.79 Å². The number of carbonyl (C=O) groups is 2. The Morgan fingerprint density at radius 2 is 1.79 bits per heavy atom. The van der Waals surface area contributed by atoms with Gasteiger partial charge < -0.3 is 34.1 Å². The van der Waals surface area contributed by atoms with Crippen LogP contribution in [-0.2, 0) is 11.2 Å². The van der Waals surface area contributed by atoms with Gasteiger partial charge in [-0.15, -0.1) is 0 Å². The van der Waals surface area contributed by atoms with Gasteiger partial charge in [-0.1, -0.05) is 0 Å². The Morgan fingerprint density at radius 3 is 2.56 bits per heavy atom. The van der Waals surface area contributed by atoms with E-state index in [-0.39, 0.29) is 30.4 Å². The molecule has 3 aliphatic rings. The molecule has 0 spiro atoms. The number of ether oxygens (including phenoxy) is 4. The fraction of sp³-hybridized carbons (Fsp3) is 0.440. The number of carbonyl (C=O) groups excluding carboxylic acids is 2. The third kappa shape index (κ3) is 3.95. The average Bonchev–Trinajstić information content (AvgIpc) is 3.22. The Balaban J connectivity index is 1.27. The number of urea groups is 1. The van der Waals surface area contributed by atoms with Gasteiger partial charge in [0.25, 0.3) is 0 Å². The van der Waals surface area contributed by atoms with Gasteiger partial charge >= 0.3 is 6.03 Å². The molecule has 1 fully saturated rings. The summed E-state index contributed by atoms with van der Waals surface area (Å²) in [6.45, 7) is 4.00. The van der Waals surface area contributed by atoms with Crippen molar-refractivity contribution in [3.63, 3.8) is 0 Å². The first-order chi connectivity index (χ1) is 16.5. The molecule has 5 rings (SSSR count). The third-order valence-corrected chi connectivity index (χ3v) is 6.74. The van der Waals surface area contributed by atoms with Crippen LogP contribution in [0.3, 0.4) is 0 Å². The molecule has 180 valence electrons. The number of hydrogen-bond donors (Lipinski definition) is 1. The van der Waals surface area contributed by atoms with E-state index in [1.165, 1.54) is 0 Å². The second-order valence-corrected chi connectivity index (χ2v) is 8.71. The van der Waals surface area contributed by atoms with E-state index in [1.807, 2.05) is 42.2 Å². The van der Waals surface area contributed by atoms with Gasteiger partial charge in [-0.05, 0) is 48.7 Å². The van der Waals surface area contributed by atoms with Gasteiger partial charge in [0.1, 0.15) is 13.2 Å². The van der Waals surface area contributed by atoms with Crippen LogP contribution in [-0.4, -0.2) is 63.4 Å². The van der Waals surface area contributed by atoms with E-state index in [9.17, 15) is 9.59 Å². The van der Waals surface area contributed by atoms with Crippen LogP contribution in [0.15, 0.2) is 30.3 Å². The first kappa shape index (κ1) is 22.2. The summed E-state index contributed by atoms with van der Waals surface area (Å²) in [5.41, 5.74) is 2.93. The highest BCUT2D eigenvalue weighted by Crippen LogP contribution is 2.38. The van der Waals surface area contributed by atoms with Crippen molar-refractivity contribution in [2.75, 3.05) is 45.4 Å². The molecule has 0 radical (unpaired) electrons. The van der Waals surface area contributed by atoms with Crippen LogP contribution >= 0.6 is 0 Å². The molecule has 0 bridgehead atoms. The minimum Gasteiger partial charge on any atom is -0.493 e. The van der Waals surface area contributed by atoms with E-state index >= 15 is 0 Å². The predicted molar refractivity (Wildman–Crippen MR) is 125 cm³/mol. The van der Waals surface area contributed by atoms with E-state index in [4.69, 9.17) is 18.9 Å². The van der Waals surface area contributed by atoms with E-state index in [0.717, 1.165) is 23.2 Å². The molecule has 34 heavy (non-hydrogen) atoms. The topological polar surface area (TPSA) is 89.6 Å². The quantitative estimate of drug-likeness (QED) is 0.744. The molecule has 0 saturated carbocycles. The number of anilines is 1. The maximum absolute atomic E-state index is 13.2. The zero-order valence-corrected chi connectivity index (χ0v) is 19.6. The summed E-state index contributed by atoms with van der Waals surface area (Å²) in [7, 11) is 3.22. The number of nitrogens with zero attached hydrogens (tertiary/aromatic N) is 2. The summed E-state index contributed by atoms with van der Waals surface area (Å²) >= 11 is 0. The van der Waals surface area contributed by atoms with E-state index < -0.39 is 0 Å². The molecule has 0 unspecified atom stereocenters. The van der Waals surface area contributed by atoms with Crippen LogP contribution in [0.25, 0.3) is 0 Å². The monoisotopic (exact) mass is 467 g/mol. The molecule has 3 aliphatic heterocycles. The van der Waals surface area contributed by atoms with Gasteiger partial charge in [0.15, 0.2) is 23.0 Å². The smallest absolute Gasteiger partial charge is 0.318 e. The molecular formula is C25H29N3O6. The van der Waals surface area contributed by atoms with Gasteiger partial charge in [-0.3, -0.25) is 4.79 Å². The number of methoxy groups -OCH3 is 2. The largest absolute Gasteiger partial charge is 0.493 e. The Bertz CT molecular complexity index is 1120. The molecular weight excluding hydrogens is 438 g/mol. The van der Waals surface area contributed by atoms with Crippen molar-refractivity contribution in [2.45, 2.75) is 31.8 Å². The molecule has 9 nitrogen and oxygen atoms in total. The van der Waals surface area contributed by atoms with Crippen LogP contribution in [0.5, 0.6) is 23.0 Å². The van der Waals surface area contributed by atoms with Crippen LogP contribution in [0.4, 0.5) is 10.5 Å². The first-order valence-electron chi connectivity index (χ1n) is 11.5. The number of fused-ring (bicyclic) bond motifs is 2. The number of amides is 3. The maximum Gasteiger partial charge on any atom is 0.318 e. The number of benzene rings is 2. The highest BCUT2D eigenvalue weighted by molar-refractivity contribution is 5.97. The van der Waals surface area contributed by atoms with Gasteiger partial charge in [0.05, 0.1) is 26.3 Å². The van der Waals surface area contributed by atoms with Crippen molar-refractivity contribution in [2.24, 2.45) is 0 Å². The number of rotatable bonds is 4. The predicted octanol–water partition coefficient (Wildman–Crippen LogP) is 2.91. The van der Waals surface area contributed by atoms with Gasteiger partial charge in [0.2, 0.25) is 5.91 Å². The maximum atomic E-state index is 13.2. The molecule has 1 N–H and O–H groups in total. The minimum atomic E-state index is -0.271. The standard InChI is InChI=1S/C25H29N3O6/c1-15-19-13-22(32-3)21(31-2)10-16(19)6-7-27(15)25(30)26-17-11-24(29)28(14-17)18-4-5-20-23(12-18)34-9-8-33-20/h4-5,10,12-13,15,17H,6-9,11,14H2,1-3H3,(H,26,30)/t15-,17-/m0/s1. The third-order valence-electron chi connectivity index (χ3n) is 6.74. The molecule has 2 aromatic rings. The van der Waals surface area contributed by atoms with Crippen molar-refractivity contribution >= 4 is 17.6 Å². The molecule has 3 heterocycles. The van der Waals surface area contributed by atoms with Crippen LogP contribution in [0.2, 0.25) is 0 Å². The van der Waals surface area contributed by atoms with E-state index in [0.29, 0.717) is 49.3 Å². The Morgan fingerprint density at radius 1 is 1.06 bits per heavy atom. The first-order valence-corrected chi connectivity index (χ1v) is 11.5. The lowest BCUT2D eigenvalue weighted by Crippen LogP contribution is -2.48. The summed E-state index contributed by atoms with van der Waals surface area (Å²) in [6.07, 6.45) is 0.977. The molecule has 2 aromatic carbocycles. The zero-order chi connectivity index (χ0) is 23.8. The van der Waals surface area contributed by atoms with E-state index in [2.05, 4.69) is 5.32 Å². The highest BCUT2D eigenvalue weighted by atomic mass is 16.6. The molecule has 1 saturated heterocycles. The lowest BCUT2D eigenvalue weighted by molar-refractivity contribution is -0.117. The summed E-state index contributed by atoms with van der Waals surface area (Å²) in [5.74, 6) is 2.62. The van der Waals surface area contributed by atoms with Crippen molar-refractivity contribution in [1.29, 1.82) is 0 Å². The zero-order valence-electron chi connectivity index (χ0n) is 19.6. The highest BCUT2D eigenvalue weighted by Gasteiger charge is 2.35. The number of nitrogens with one attached hydrogen (secondary N) is 1. The normalized spacial score (nSPS) is 21.2. The molecule has 0 aliphatic carbocycles. The lowest BCUT2D eigenvalue weighted by atomic mass is 9.93. The van der Waals surface area contributed by atoms with Crippen molar-refractivity contribution in [3.05, 3.63) is 41.5 Å².